The molecular formula is C26H29F3N6O2. The maximum absolute atomic E-state index is 12.9. The molecule has 0 unspecified atom stereocenters. The van der Waals surface area contributed by atoms with Gasteiger partial charge in [0.25, 0.3) is 0 Å². The van der Waals surface area contributed by atoms with E-state index in [0.717, 1.165) is 38.5 Å². The van der Waals surface area contributed by atoms with Crippen molar-refractivity contribution in [2.24, 2.45) is 5.92 Å². The van der Waals surface area contributed by atoms with Crippen LogP contribution in [0.2, 0.25) is 0 Å². The molecule has 196 valence electrons. The number of tetrazole rings is 1. The van der Waals surface area contributed by atoms with Crippen LogP contribution in [0.3, 0.4) is 0 Å². The molecule has 4 atom stereocenters. The molecule has 2 bridgehead atoms. The first-order valence-corrected chi connectivity index (χ1v) is 12.7. The molecule has 3 N–H and O–H groups in total. The van der Waals surface area contributed by atoms with Crippen molar-refractivity contribution in [2.45, 2.75) is 75.2 Å². The summed E-state index contributed by atoms with van der Waals surface area (Å²) in [6.45, 7) is 0.359. The molecule has 2 aliphatic heterocycles. The summed E-state index contributed by atoms with van der Waals surface area (Å²) in [6, 6.07) is 15.1. The Morgan fingerprint density at radius 1 is 1.05 bits per heavy atom. The number of hydrogen-bond donors (Lipinski definition) is 3. The molecule has 0 spiro atoms. The van der Waals surface area contributed by atoms with E-state index in [1.165, 1.54) is 17.7 Å². The number of piperidine rings is 1. The van der Waals surface area contributed by atoms with Crippen LogP contribution in [-0.4, -0.2) is 45.2 Å². The molecule has 3 fully saturated rings. The summed E-state index contributed by atoms with van der Waals surface area (Å²) in [5, 5.41) is 22.2. The van der Waals surface area contributed by atoms with E-state index < -0.39 is 6.36 Å². The van der Waals surface area contributed by atoms with Crippen LogP contribution in [-0.2, 0) is 18.5 Å². The molecule has 3 aliphatic rings. The second-order valence-electron chi connectivity index (χ2n) is 10.2. The SMILES string of the molecule is FC(F)(F)Oc1ccc(OC2CC2)c(CN[C@@H]2CC[C@@H]3N[C@@]2(c2ccccc2)C[C@@H]3Cc2nn[nH]n2)c1. The molecular weight excluding hydrogens is 485 g/mol. The van der Waals surface area contributed by atoms with E-state index in [1.807, 2.05) is 18.2 Å². The molecule has 11 heteroatoms. The Hall–Kier alpha value is -3.18. The molecule has 8 nitrogen and oxygen atoms in total. The Kier molecular flexibility index (Phi) is 6.28. The molecule has 2 aromatic carbocycles. The van der Waals surface area contributed by atoms with Gasteiger partial charge in [0.05, 0.1) is 11.6 Å². The van der Waals surface area contributed by atoms with Crippen molar-refractivity contribution < 1.29 is 22.6 Å². The first-order chi connectivity index (χ1) is 17.9. The van der Waals surface area contributed by atoms with Crippen molar-refractivity contribution in [1.82, 2.24) is 31.3 Å². The van der Waals surface area contributed by atoms with E-state index in [2.05, 4.69) is 48.1 Å². The predicted octanol–water partition coefficient (Wildman–Crippen LogP) is 4.01. The van der Waals surface area contributed by atoms with Crippen LogP contribution in [0.1, 0.15) is 49.1 Å². The van der Waals surface area contributed by atoms with Crippen LogP contribution in [0.4, 0.5) is 13.2 Å². The van der Waals surface area contributed by atoms with Gasteiger partial charge in [-0.25, -0.2) is 0 Å². The summed E-state index contributed by atoms with van der Waals surface area (Å²) < 4.78 is 48.9. The molecule has 37 heavy (non-hydrogen) atoms. The van der Waals surface area contributed by atoms with Gasteiger partial charge in [-0.05, 0) is 61.8 Å². The number of hydrogen-bond acceptors (Lipinski definition) is 7. The number of alkyl halides is 3. The van der Waals surface area contributed by atoms with Gasteiger partial charge in [0.2, 0.25) is 0 Å². The monoisotopic (exact) mass is 514 g/mol. The van der Waals surface area contributed by atoms with Crippen LogP contribution in [0, 0.1) is 5.92 Å². The van der Waals surface area contributed by atoms with Gasteiger partial charge in [-0.15, -0.1) is 23.4 Å². The fourth-order valence-corrected chi connectivity index (χ4v) is 5.94. The highest BCUT2D eigenvalue weighted by atomic mass is 19.4. The van der Waals surface area contributed by atoms with Crippen LogP contribution >= 0.6 is 0 Å². The van der Waals surface area contributed by atoms with Crippen molar-refractivity contribution in [2.75, 3.05) is 0 Å². The highest BCUT2D eigenvalue weighted by Crippen LogP contribution is 2.47. The van der Waals surface area contributed by atoms with Gasteiger partial charge in [0.1, 0.15) is 11.5 Å². The van der Waals surface area contributed by atoms with Gasteiger partial charge in [-0.2, -0.15) is 5.21 Å². The molecule has 6 rings (SSSR count). The molecule has 2 saturated heterocycles. The lowest BCUT2D eigenvalue weighted by Gasteiger charge is -2.43. The lowest BCUT2D eigenvalue weighted by atomic mass is 9.78. The minimum Gasteiger partial charge on any atom is -0.490 e. The summed E-state index contributed by atoms with van der Waals surface area (Å²) in [5.41, 5.74) is 1.52. The average Bonchev–Trinajstić information content (AvgIpc) is 3.45. The maximum Gasteiger partial charge on any atom is 0.573 e. The number of aromatic nitrogens is 4. The largest absolute Gasteiger partial charge is 0.573 e. The number of ether oxygens (including phenoxy) is 2. The minimum atomic E-state index is -4.75. The highest BCUT2D eigenvalue weighted by molar-refractivity contribution is 5.41. The Balaban J connectivity index is 1.25. The van der Waals surface area contributed by atoms with Gasteiger partial charge < -0.3 is 20.1 Å². The number of nitrogens with zero attached hydrogens (tertiary/aromatic N) is 3. The summed E-state index contributed by atoms with van der Waals surface area (Å²) in [6.07, 6.45) is 0.801. The Bertz CT molecular complexity index is 1200. The van der Waals surface area contributed by atoms with E-state index in [9.17, 15) is 13.2 Å². The normalized spacial score (nSPS) is 27.3. The van der Waals surface area contributed by atoms with Gasteiger partial charge in [0.15, 0.2) is 5.82 Å². The number of nitrogens with one attached hydrogen (secondary N) is 3. The predicted molar refractivity (Wildman–Crippen MR) is 128 cm³/mol. The topological polar surface area (TPSA) is 97.0 Å². The summed E-state index contributed by atoms with van der Waals surface area (Å²) in [5.74, 6) is 1.40. The second kappa shape index (κ2) is 9.60. The molecule has 1 aromatic heterocycles. The maximum atomic E-state index is 12.9. The second-order valence-corrected chi connectivity index (χ2v) is 10.2. The fraction of sp³-hybridized carbons (Fsp3) is 0.500. The Morgan fingerprint density at radius 3 is 2.62 bits per heavy atom. The van der Waals surface area contributed by atoms with Crippen molar-refractivity contribution in [3.63, 3.8) is 0 Å². The standard InChI is InChI=1S/C26H29F3N6O2/c27-26(28,29)37-20-8-10-22(36-19-6-7-19)17(12-20)15-30-23-11-9-21-16(13-24-32-34-35-33-24)14-25(23,31-21)18-4-2-1-3-5-18/h1-5,8,10,12,16,19,21,23,30-31H,6-7,9,11,13-15H2,(H,32,33,34,35)/t16-,21-,23+,25+/m0/s1. The van der Waals surface area contributed by atoms with Gasteiger partial charge in [-0.1, -0.05) is 35.5 Å². The molecule has 1 saturated carbocycles. The third kappa shape index (κ3) is 5.28. The molecule has 3 heterocycles. The number of benzene rings is 2. The smallest absolute Gasteiger partial charge is 0.490 e. The minimum absolute atomic E-state index is 0.0578. The van der Waals surface area contributed by atoms with Crippen molar-refractivity contribution in [1.29, 1.82) is 0 Å². The third-order valence-corrected chi connectivity index (χ3v) is 7.70. The summed E-state index contributed by atoms with van der Waals surface area (Å²) in [4.78, 5) is 0. The number of fused-ring (bicyclic) bond motifs is 2. The van der Waals surface area contributed by atoms with Crippen LogP contribution in [0.25, 0.3) is 0 Å². The molecule has 1 aliphatic carbocycles. The molecule has 3 aromatic rings. The van der Waals surface area contributed by atoms with Gasteiger partial charge in [0, 0.05) is 30.6 Å². The fourth-order valence-electron chi connectivity index (χ4n) is 5.94. The van der Waals surface area contributed by atoms with E-state index in [1.54, 1.807) is 6.07 Å². The van der Waals surface area contributed by atoms with Crippen molar-refractivity contribution >= 4 is 0 Å². The number of rotatable bonds is 9. The van der Waals surface area contributed by atoms with Crippen LogP contribution in [0.15, 0.2) is 48.5 Å². The zero-order chi connectivity index (χ0) is 25.5. The zero-order valence-electron chi connectivity index (χ0n) is 20.2. The first-order valence-electron chi connectivity index (χ1n) is 12.7. The van der Waals surface area contributed by atoms with E-state index >= 15 is 0 Å². The Morgan fingerprint density at radius 2 is 1.89 bits per heavy atom. The van der Waals surface area contributed by atoms with Gasteiger partial charge in [-0.3, -0.25) is 0 Å². The van der Waals surface area contributed by atoms with Crippen LogP contribution < -0.4 is 20.1 Å². The van der Waals surface area contributed by atoms with E-state index in [4.69, 9.17) is 4.74 Å². The lowest BCUT2D eigenvalue weighted by molar-refractivity contribution is -0.274. The van der Waals surface area contributed by atoms with Crippen LogP contribution in [0.5, 0.6) is 11.5 Å². The highest BCUT2D eigenvalue weighted by Gasteiger charge is 2.53. The average molecular weight is 515 g/mol. The first kappa shape index (κ1) is 24.2. The number of H-pyrrole nitrogens is 1. The molecule has 0 amide bonds. The summed E-state index contributed by atoms with van der Waals surface area (Å²) in [7, 11) is 0. The lowest BCUT2D eigenvalue weighted by Crippen LogP contribution is -2.58. The van der Waals surface area contributed by atoms with Crippen molar-refractivity contribution in [3.8, 4) is 11.5 Å². The van der Waals surface area contributed by atoms with Crippen molar-refractivity contribution in [3.05, 3.63) is 65.5 Å². The zero-order valence-corrected chi connectivity index (χ0v) is 20.2. The van der Waals surface area contributed by atoms with Gasteiger partial charge >= 0.3 is 6.36 Å². The van der Waals surface area contributed by atoms with E-state index in [0.29, 0.717) is 35.6 Å². The summed E-state index contributed by atoms with van der Waals surface area (Å²) >= 11 is 0. The number of halogens is 3. The molecule has 0 radical (unpaired) electrons. The Labute approximate surface area is 212 Å². The quantitative estimate of drug-likeness (QED) is 0.397. The number of aromatic amines is 1. The van der Waals surface area contributed by atoms with E-state index in [-0.39, 0.29) is 23.4 Å². The third-order valence-electron chi connectivity index (χ3n) is 7.70.